The molecule has 2 heterocycles. The second-order valence-corrected chi connectivity index (χ2v) is 3.56. The van der Waals surface area contributed by atoms with Gasteiger partial charge in [-0.05, 0) is 12.3 Å². The lowest BCUT2D eigenvalue weighted by Crippen LogP contribution is -2.34. The minimum Gasteiger partial charge on any atom is -0.378 e. The largest absolute Gasteiger partial charge is 0.378 e. The van der Waals surface area contributed by atoms with Gasteiger partial charge >= 0.3 is 0 Å². The van der Waals surface area contributed by atoms with Crippen molar-refractivity contribution in [2.75, 3.05) is 27.3 Å². The highest BCUT2D eigenvalue weighted by molar-refractivity contribution is 5.07. The molecule has 0 aromatic carbocycles. The minimum absolute atomic E-state index is 0.566. The first-order valence-electron chi connectivity index (χ1n) is 4.28. The standard InChI is InChI=1S/C9H15N3/c1-10-4-3-9(7-10)12-6-5-11(2)8-12/h3-6,9H,7-8H2,1-2H3. The van der Waals surface area contributed by atoms with Crippen LogP contribution in [0.15, 0.2) is 24.7 Å². The van der Waals surface area contributed by atoms with Gasteiger partial charge in [0.15, 0.2) is 0 Å². The van der Waals surface area contributed by atoms with Crippen molar-refractivity contribution in [3.8, 4) is 0 Å². The van der Waals surface area contributed by atoms with E-state index in [4.69, 9.17) is 0 Å². The van der Waals surface area contributed by atoms with Crippen LogP contribution >= 0.6 is 0 Å². The van der Waals surface area contributed by atoms with Crippen molar-refractivity contribution in [2.24, 2.45) is 0 Å². The molecule has 0 N–H and O–H groups in total. The molecule has 0 spiro atoms. The van der Waals surface area contributed by atoms with Crippen LogP contribution in [0.1, 0.15) is 0 Å². The molecular weight excluding hydrogens is 150 g/mol. The van der Waals surface area contributed by atoms with Crippen LogP contribution in [-0.4, -0.2) is 48.1 Å². The summed E-state index contributed by atoms with van der Waals surface area (Å²) in [6.45, 7) is 2.13. The van der Waals surface area contributed by atoms with Crippen molar-refractivity contribution in [3.05, 3.63) is 24.7 Å². The molecule has 12 heavy (non-hydrogen) atoms. The molecule has 0 bridgehead atoms. The van der Waals surface area contributed by atoms with E-state index in [0.29, 0.717) is 6.04 Å². The summed E-state index contributed by atoms with van der Waals surface area (Å²) < 4.78 is 0. The van der Waals surface area contributed by atoms with Gasteiger partial charge < -0.3 is 14.7 Å². The molecule has 1 unspecified atom stereocenters. The Morgan fingerprint density at radius 1 is 1.08 bits per heavy atom. The third-order valence-electron chi connectivity index (χ3n) is 2.36. The second kappa shape index (κ2) is 2.73. The Morgan fingerprint density at radius 2 is 1.92 bits per heavy atom. The quantitative estimate of drug-likeness (QED) is 0.560. The first-order valence-corrected chi connectivity index (χ1v) is 4.28. The van der Waals surface area contributed by atoms with Crippen LogP contribution in [0.3, 0.4) is 0 Å². The van der Waals surface area contributed by atoms with Crippen molar-refractivity contribution in [1.82, 2.24) is 14.7 Å². The van der Waals surface area contributed by atoms with Crippen molar-refractivity contribution < 1.29 is 0 Å². The maximum Gasteiger partial charge on any atom is 0.0897 e. The van der Waals surface area contributed by atoms with E-state index in [1.807, 2.05) is 0 Å². The lowest BCUT2D eigenvalue weighted by atomic mass is 10.3. The molecule has 3 nitrogen and oxygen atoms in total. The molecule has 3 heteroatoms. The lowest BCUT2D eigenvalue weighted by molar-refractivity contribution is 0.245. The first-order chi connectivity index (χ1) is 5.75. The number of nitrogens with zero attached hydrogens (tertiary/aromatic N) is 3. The van der Waals surface area contributed by atoms with Crippen LogP contribution in [0.4, 0.5) is 0 Å². The van der Waals surface area contributed by atoms with Crippen LogP contribution in [0, 0.1) is 0 Å². The number of hydrogen-bond donors (Lipinski definition) is 0. The Hall–Kier alpha value is -1.12. The van der Waals surface area contributed by atoms with Crippen LogP contribution in [0.25, 0.3) is 0 Å². The third-order valence-corrected chi connectivity index (χ3v) is 2.36. The molecule has 0 fully saturated rings. The summed E-state index contributed by atoms with van der Waals surface area (Å²) in [4.78, 5) is 6.75. The maximum absolute atomic E-state index is 2.35. The number of likely N-dealkylation sites (N-methyl/N-ethyl adjacent to an activating group) is 1. The first kappa shape index (κ1) is 7.53. The summed E-state index contributed by atoms with van der Waals surface area (Å²) in [6, 6.07) is 0.566. The Bertz CT molecular complexity index is 198. The van der Waals surface area contributed by atoms with Gasteiger partial charge in [-0.25, -0.2) is 0 Å². The molecule has 0 aromatic rings. The van der Waals surface area contributed by atoms with Gasteiger partial charge in [0.25, 0.3) is 0 Å². The lowest BCUT2D eigenvalue weighted by Gasteiger charge is -2.24. The van der Waals surface area contributed by atoms with Gasteiger partial charge in [0.05, 0.1) is 12.7 Å². The molecule has 0 radical (unpaired) electrons. The SMILES string of the molecule is CN1C=CC(N2C=CN(C)C2)C1. The summed E-state index contributed by atoms with van der Waals surface area (Å²) in [5.74, 6) is 0. The van der Waals surface area contributed by atoms with E-state index in [2.05, 4.69) is 53.5 Å². The van der Waals surface area contributed by atoms with Gasteiger partial charge in [-0.3, -0.25) is 0 Å². The molecule has 2 aliphatic rings. The van der Waals surface area contributed by atoms with E-state index in [0.717, 1.165) is 13.2 Å². The Kier molecular flexibility index (Phi) is 1.71. The molecule has 66 valence electrons. The molecule has 2 rings (SSSR count). The predicted octanol–water partition coefficient (Wildman–Crippen LogP) is 0.490. The fourth-order valence-electron chi connectivity index (χ4n) is 1.65. The molecule has 0 saturated heterocycles. The van der Waals surface area contributed by atoms with Crippen LogP contribution in [-0.2, 0) is 0 Å². The zero-order chi connectivity index (χ0) is 8.55. The number of hydrogen-bond acceptors (Lipinski definition) is 3. The molecule has 0 saturated carbocycles. The predicted molar refractivity (Wildman–Crippen MR) is 49.2 cm³/mol. The van der Waals surface area contributed by atoms with Crippen molar-refractivity contribution >= 4 is 0 Å². The van der Waals surface area contributed by atoms with Crippen LogP contribution in [0.2, 0.25) is 0 Å². The van der Waals surface area contributed by atoms with Gasteiger partial charge in [-0.15, -0.1) is 0 Å². The second-order valence-electron chi connectivity index (χ2n) is 3.56. The van der Waals surface area contributed by atoms with Crippen molar-refractivity contribution in [1.29, 1.82) is 0 Å². The molecule has 1 atom stereocenters. The number of rotatable bonds is 1. The normalized spacial score (nSPS) is 27.8. The summed E-state index contributed by atoms with van der Waals surface area (Å²) in [7, 11) is 4.21. The molecule has 0 aromatic heterocycles. The fraction of sp³-hybridized carbons (Fsp3) is 0.556. The van der Waals surface area contributed by atoms with Gasteiger partial charge in [-0.2, -0.15) is 0 Å². The molecular formula is C9H15N3. The average molecular weight is 165 g/mol. The van der Waals surface area contributed by atoms with E-state index in [1.54, 1.807) is 0 Å². The summed E-state index contributed by atoms with van der Waals surface area (Å²) in [5, 5.41) is 0. The summed E-state index contributed by atoms with van der Waals surface area (Å²) in [6.07, 6.45) is 8.68. The van der Waals surface area contributed by atoms with Gasteiger partial charge in [0, 0.05) is 33.0 Å². The third kappa shape index (κ3) is 1.26. The molecule has 2 aliphatic heterocycles. The van der Waals surface area contributed by atoms with Crippen molar-refractivity contribution in [2.45, 2.75) is 6.04 Å². The smallest absolute Gasteiger partial charge is 0.0897 e. The molecule has 0 aliphatic carbocycles. The average Bonchev–Trinajstić information content (AvgIpc) is 2.58. The van der Waals surface area contributed by atoms with E-state index in [-0.39, 0.29) is 0 Å². The van der Waals surface area contributed by atoms with Gasteiger partial charge in [0.2, 0.25) is 0 Å². The maximum atomic E-state index is 2.35. The van der Waals surface area contributed by atoms with E-state index in [9.17, 15) is 0 Å². The highest BCUT2D eigenvalue weighted by atomic mass is 15.4. The monoisotopic (exact) mass is 165 g/mol. The van der Waals surface area contributed by atoms with Crippen molar-refractivity contribution in [3.63, 3.8) is 0 Å². The van der Waals surface area contributed by atoms with E-state index < -0.39 is 0 Å². The van der Waals surface area contributed by atoms with Crippen LogP contribution < -0.4 is 0 Å². The molecule has 0 amide bonds. The van der Waals surface area contributed by atoms with Gasteiger partial charge in [-0.1, -0.05) is 0 Å². The summed E-state index contributed by atoms with van der Waals surface area (Å²) >= 11 is 0. The Labute approximate surface area is 73.5 Å². The van der Waals surface area contributed by atoms with E-state index in [1.165, 1.54) is 0 Å². The van der Waals surface area contributed by atoms with Gasteiger partial charge in [0.1, 0.15) is 0 Å². The zero-order valence-corrected chi connectivity index (χ0v) is 7.64. The highest BCUT2D eigenvalue weighted by Gasteiger charge is 2.21. The highest BCUT2D eigenvalue weighted by Crippen LogP contribution is 2.14. The zero-order valence-electron chi connectivity index (χ0n) is 7.64. The topological polar surface area (TPSA) is 9.72 Å². The van der Waals surface area contributed by atoms with E-state index >= 15 is 0 Å². The Balaban J connectivity index is 1.95. The fourth-order valence-corrected chi connectivity index (χ4v) is 1.65. The Morgan fingerprint density at radius 3 is 2.42 bits per heavy atom. The minimum atomic E-state index is 0.566. The van der Waals surface area contributed by atoms with Crippen LogP contribution in [0.5, 0.6) is 0 Å². The summed E-state index contributed by atoms with van der Waals surface area (Å²) in [5.41, 5.74) is 0.